The lowest BCUT2D eigenvalue weighted by Crippen LogP contribution is -2.35. The highest BCUT2D eigenvalue weighted by atomic mass is 15.1. The first-order valence-corrected chi connectivity index (χ1v) is 7.34. The first-order valence-electron chi connectivity index (χ1n) is 7.34. The fraction of sp³-hybridized carbons (Fsp3) is 1.00. The highest BCUT2D eigenvalue weighted by molar-refractivity contribution is 4.79. The molecular weight excluding hydrogens is 210 g/mol. The molecule has 0 aromatic carbocycles. The van der Waals surface area contributed by atoms with Gasteiger partial charge in [-0.1, -0.05) is 0 Å². The van der Waals surface area contributed by atoms with Crippen LogP contribution in [0.3, 0.4) is 0 Å². The topological polar surface area (TPSA) is 27.3 Å². The average molecular weight is 239 g/mol. The molecule has 3 heteroatoms. The number of hydrogen-bond donors (Lipinski definition) is 2. The van der Waals surface area contributed by atoms with Crippen LogP contribution in [0.1, 0.15) is 32.1 Å². The zero-order chi connectivity index (χ0) is 12.1. The van der Waals surface area contributed by atoms with Crippen LogP contribution >= 0.6 is 0 Å². The summed E-state index contributed by atoms with van der Waals surface area (Å²) in [5.41, 5.74) is 0. The molecule has 0 spiro atoms. The molecule has 0 amide bonds. The molecule has 17 heavy (non-hydrogen) atoms. The fourth-order valence-electron chi connectivity index (χ4n) is 3.34. The van der Waals surface area contributed by atoms with E-state index in [-0.39, 0.29) is 0 Å². The van der Waals surface area contributed by atoms with E-state index in [0.29, 0.717) is 0 Å². The first kappa shape index (κ1) is 13.3. The second-order valence-electron chi connectivity index (χ2n) is 6.08. The molecule has 1 aliphatic carbocycles. The minimum atomic E-state index is 0.787. The molecule has 1 atom stereocenters. The van der Waals surface area contributed by atoms with Crippen LogP contribution in [0.25, 0.3) is 0 Å². The third-order valence-electron chi connectivity index (χ3n) is 4.61. The molecule has 1 aliphatic heterocycles. The fourth-order valence-corrected chi connectivity index (χ4v) is 3.34. The van der Waals surface area contributed by atoms with Gasteiger partial charge in [-0.15, -0.1) is 0 Å². The summed E-state index contributed by atoms with van der Waals surface area (Å²) in [5.74, 6) is 1.83. The molecule has 100 valence electrons. The maximum absolute atomic E-state index is 3.70. The monoisotopic (exact) mass is 239 g/mol. The van der Waals surface area contributed by atoms with Gasteiger partial charge in [0.1, 0.15) is 0 Å². The van der Waals surface area contributed by atoms with E-state index in [1.165, 1.54) is 58.3 Å². The Labute approximate surface area is 106 Å². The summed E-state index contributed by atoms with van der Waals surface area (Å²) in [7, 11) is 4.33. The Morgan fingerprint density at radius 2 is 1.71 bits per heavy atom. The van der Waals surface area contributed by atoms with Crippen molar-refractivity contribution < 1.29 is 0 Å². The number of likely N-dealkylation sites (tertiary alicyclic amines) is 1. The van der Waals surface area contributed by atoms with Crippen molar-refractivity contribution in [3.63, 3.8) is 0 Å². The lowest BCUT2D eigenvalue weighted by molar-refractivity contribution is 0.287. The average Bonchev–Trinajstić information content (AvgIpc) is 2.76. The lowest BCUT2D eigenvalue weighted by atomic mass is 9.86. The minimum absolute atomic E-state index is 0.787. The third kappa shape index (κ3) is 4.23. The van der Waals surface area contributed by atoms with Gasteiger partial charge in [-0.3, -0.25) is 0 Å². The molecule has 2 fully saturated rings. The van der Waals surface area contributed by atoms with E-state index in [9.17, 15) is 0 Å². The molecule has 1 heterocycles. The van der Waals surface area contributed by atoms with E-state index in [1.54, 1.807) is 0 Å². The SMILES string of the molecule is CNC1CCC(CNCC2CCN(C)C2)CC1. The highest BCUT2D eigenvalue weighted by Gasteiger charge is 2.21. The molecule has 0 bridgehead atoms. The standard InChI is InChI=1S/C14H29N3/c1-15-14-5-3-12(4-6-14)9-16-10-13-7-8-17(2)11-13/h12-16H,3-11H2,1-2H3. The van der Waals surface area contributed by atoms with Crippen LogP contribution < -0.4 is 10.6 Å². The Morgan fingerprint density at radius 1 is 1.00 bits per heavy atom. The largest absolute Gasteiger partial charge is 0.317 e. The predicted octanol–water partition coefficient (Wildman–Crippen LogP) is 1.31. The number of hydrogen-bond acceptors (Lipinski definition) is 3. The molecule has 1 saturated carbocycles. The van der Waals surface area contributed by atoms with Crippen LogP contribution in [0.2, 0.25) is 0 Å². The summed E-state index contributed by atoms with van der Waals surface area (Å²) in [6.45, 7) is 5.06. The normalized spacial score (nSPS) is 35.3. The molecule has 3 nitrogen and oxygen atoms in total. The molecule has 2 N–H and O–H groups in total. The summed E-state index contributed by atoms with van der Waals surface area (Å²) in [4.78, 5) is 2.45. The Hall–Kier alpha value is -0.120. The number of nitrogens with zero attached hydrogens (tertiary/aromatic N) is 1. The van der Waals surface area contributed by atoms with Crippen molar-refractivity contribution >= 4 is 0 Å². The van der Waals surface area contributed by atoms with Gasteiger partial charge in [0.05, 0.1) is 0 Å². The van der Waals surface area contributed by atoms with Crippen LogP contribution in [0.4, 0.5) is 0 Å². The molecule has 1 saturated heterocycles. The van der Waals surface area contributed by atoms with E-state index in [2.05, 4.69) is 29.6 Å². The number of nitrogens with one attached hydrogen (secondary N) is 2. The summed E-state index contributed by atoms with van der Waals surface area (Å²) < 4.78 is 0. The second-order valence-corrected chi connectivity index (χ2v) is 6.08. The maximum atomic E-state index is 3.70. The molecule has 0 radical (unpaired) electrons. The van der Waals surface area contributed by atoms with Crippen molar-refractivity contribution in [2.45, 2.75) is 38.1 Å². The van der Waals surface area contributed by atoms with Crippen molar-refractivity contribution in [2.24, 2.45) is 11.8 Å². The second kappa shape index (κ2) is 6.72. The first-order chi connectivity index (χ1) is 8.28. The predicted molar refractivity (Wildman–Crippen MR) is 73.3 cm³/mol. The molecule has 2 aliphatic rings. The molecular formula is C14H29N3. The van der Waals surface area contributed by atoms with Gasteiger partial charge < -0.3 is 15.5 Å². The van der Waals surface area contributed by atoms with E-state index < -0.39 is 0 Å². The van der Waals surface area contributed by atoms with Gasteiger partial charge in [0, 0.05) is 12.6 Å². The van der Waals surface area contributed by atoms with Gasteiger partial charge in [0.2, 0.25) is 0 Å². The zero-order valence-electron chi connectivity index (χ0n) is 11.5. The summed E-state index contributed by atoms with van der Waals surface area (Å²) in [5, 5.41) is 7.11. The van der Waals surface area contributed by atoms with Crippen LogP contribution in [-0.2, 0) is 0 Å². The van der Waals surface area contributed by atoms with Crippen LogP contribution in [0.15, 0.2) is 0 Å². The third-order valence-corrected chi connectivity index (χ3v) is 4.61. The van der Waals surface area contributed by atoms with E-state index in [0.717, 1.165) is 17.9 Å². The van der Waals surface area contributed by atoms with E-state index in [1.807, 2.05) is 0 Å². The molecule has 2 rings (SSSR count). The zero-order valence-corrected chi connectivity index (χ0v) is 11.5. The smallest absolute Gasteiger partial charge is 0.00642 e. The Kier molecular flexibility index (Phi) is 5.26. The highest BCUT2D eigenvalue weighted by Crippen LogP contribution is 2.23. The Morgan fingerprint density at radius 3 is 2.29 bits per heavy atom. The van der Waals surface area contributed by atoms with Gasteiger partial charge in [-0.2, -0.15) is 0 Å². The van der Waals surface area contributed by atoms with Gasteiger partial charge in [0.15, 0.2) is 0 Å². The van der Waals surface area contributed by atoms with Crippen LogP contribution in [0, 0.1) is 11.8 Å². The van der Waals surface area contributed by atoms with Crippen molar-refractivity contribution in [1.29, 1.82) is 0 Å². The van der Waals surface area contributed by atoms with Crippen LogP contribution in [-0.4, -0.2) is 51.2 Å². The molecule has 1 unspecified atom stereocenters. The Balaban J connectivity index is 1.54. The Bertz CT molecular complexity index is 212. The van der Waals surface area contributed by atoms with Crippen molar-refractivity contribution in [3.8, 4) is 0 Å². The number of rotatable bonds is 5. The van der Waals surface area contributed by atoms with Gasteiger partial charge in [-0.05, 0) is 77.7 Å². The minimum Gasteiger partial charge on any atom is -0.317 e. The van der Waals surface area contributed by atoms with Crippen molar-refractivity contribution in [3.05, 3.63) is 0 Å². The van der Waals surface area contributed by atoms with Gasteiger partial charge >= 0.3 is 0 Å². The summed E-state index contributed by atoms with van der Waals surface area (Å²) in [6.07, 6.45) is 6.94. The van der Waals surface area contributed by atoms with Crippen LogP contribution in [0.5, 0.6) is 0 Å². The quantitative estimate of drug-likeness (QED) is 0.757. The molecule has 0 aromatic heterocycles. The van der Waals surface area contributed by atoms with Gasteiger partial charge in [0.25, 0.3) is 0 Å². The van der Waals surface area contributed by atoms with E-state index >= 15 is 0 Å². The maximum Gasteiger partial charge on any atom is 0.00642 e. The summed E-state index contributed by atoms with van der Waals surface area (Å²) >= 11 is 0. The lowest BCUT2D eigenvalue weighted by Gasteiger charge is -2.28. The van der Waals surface area contributed by atoms with Crippen molar-refractivity contribution in [2.75, 3.05) is 40.3 Å². The van der Waals surface area contributed by atoms with Crippen molar-refractivity contribution in [1.82, 2.24) is 15.5 Å². The molecule has 0 aromatic rings. The van der Waals surface area contributed by atoms with Gasteiger partial charge in [-0.25, -0.2) is 0 Å². The summed E-state index contributed by atoms with van der Waals surface area (Å²) in [6, 6.07) is 0.787. The van der Waals surface area contributed by atoms with E-state index in [4.69, 9.17) is 0 Å².